The summed E-state index contributed by atoms with van der Waals surface area (Å²) in [5.74, 6) is 1.67. The molecule has 0 fully saturated rings. The van der Waals surface area contributed by atoms with Crippen LogP contribution >= 0.6 is 0 Å². The fraction of sp³-hybridized carbons (Fsp3) is 0.471. The second kappa shape index (κ2) is 6.91. The van der Waals surface area contributed by atoms with E-state index in [9.17, 15) is 4.79 Å². The Kier molecular flexibility index (Phi) is 4.71. The van der Waals surface area contributed by atoms with Gasteiger partial charge in [0, 0.05) is 36.7 Å². The normalized spacial score (nSPS) is 15.6. The van der Waals surface area contributed by atoms with E-state index in [0.717, 1.165) is 42.3 Å². The zero-order chi connectivity index (χ0) is 16.2. The van der Waals surface area contributed by atoms with Gasteiger partial charge in [0.1, 0.15) is 5.82 Å². The Morgan fingerprint density at radius 2 is 2.22 bits per heavy atom. The predicted molar refractivity (Wildman–Crippen MR) is 89.9 cm³/mol. The molecule has 122 valence electrons. The maximum Gasteiger partial charge on any atom is 0.228 e. The van der Waals surface area contributed by atoms with E-state index in [-0.39, 0.29) is 11.8 Å². The molecule has 6 nitrogen and oxygen atoms in total. The molecular formula is C17H23N5O. The maximum atomic E-state index is 12.0. The van der Waals surface area contributed by atoms with Gasteiger partial charge in [0.15, 0.2) is 5.82 Å². The van der Waals surface area contributed by atoms with E-state index < -0.39 is 0 Å². The van der Waals surface area contributed by atoms with Gasteiger partial charge in [0.25, 0.3) is 0 Å². The molecular weight excluding hydrogens is 290 g/mol. The van der Waals surface area contributed by atoms with Crippen LogP contribution in [-0.4, -0.2) is 27.2 Å². The number of rotatable bonds is 4. The summed E-state index contributed by atoms with van der Waals surface area (Å²) in [5, 5.41) is 11.6. The van der Waals surface area contributed by atoms with E-state index in [1.807, 2.05) is 31.2 Å². The van der Waals surface area contributed by atoms with Crippen LogP contribution < -0.4 is 11.1 Å². The van der Waals surface area contributed by atoms with Gasteiger partial charge < -0.3 is 15.6 Å². The molecule has 0 radical (unpaired) electrons. The van der Waals surface area contributed by atoms with E-state index >= 15 is 0 Å². The fourth-order valence-corrected chi connectivity index (χ4v) is 2.81. The Balaban J connectivity index is 1.86. The molecule has 0 bridgehead atoms. The average molecular weight is 313 g/mol. The number of hydrogen-bond donors (Lipinski definition) is 2. The quantitative estimate of drug-likeness (QED) is 0.906. The summed E-state index contributed by atoms with van der Waals surface area (Å²) in [7, 11) is 0. The van der Waals surface area contributed by atoms with Crippen LogP contribution in [0.4, 0.5) is 5.69 Å². The van der Waals surface area contributed by atoms with Gasteiger partial charge in [-0.2, -0.15) is 0 Å². The fourth-order valence-electron chi connectivity index (χ4n) is 2.81. The number of benzene rings is 1. The summed E-state index contributed by atoms with van der Waals surface area (Å²) in [6.45, 7) is 3.11. The Labute approximate surface area is 136 Å². The summed E-state index contributed by atoms with van der Waals surface area (Å²) in [6, 6.07) is 7.76. The zero-order valence-electron chi connectivity index (χ0n) is 13.5. The van der Waals surface area contributed by atoms with E-state index in [4.69, 9.17) is 5.73 Å². The van der Waals surface area contributed by atoms with Crippen LogP contribution in [0.5, 0.6) is 0 Å². The molecule has 1 aromatic heterocycles. The van der Waals surface area contributed by atoms with Crippen LogP contribution in [0.15, 0.2) is 24.3 Å². The van der Waals surface area contributed by atoms with Crippen molar-refractivity contribution in [1.29, 1.82) is 0 Å². The minimum atomic E-state index is -0.206. The summed E-state index contributed by atoms with van der Waals surface area (Å²) in [6.07, 6.45) is 4.54. The van der Waals surface area contributed by atoms with Crippen LogP contribution in [0.25, 0.3) is 11.4 Å². The number of fused-ring (bicyclic) bond motifs is 1. The molecule has 1 aromatic carbocycles. The zero-order valence-corrected chi connectivity index (χ0v) is 13.5. The van der Waals surface area contributed by atoms with Gasteiger partial charge in [-0.15, -0.1) is 10.2 Å². The molecule has 0 saturated carbocycles. The summed E-state index contributed by atoms with van der Waals surface area (Å²) >= 11 is 0. The standard InChI is InChI=1S/C17H23N5O/c1-12(11-18)17(23)19-14-7-5-6-13(10-14)16-21-20-15-8-3-2-4-9-22(15)16/h5-7,10,12H,2-4,8-9,11,18H2,1H3,(H,19,23). The molecule has 1 unspecified atom stereocenters. The second-order valence-corrected chi connectivity index (χ2v) is 6.11. The molecule has 1 aliphatic rings. The Morgan fingerprint density at radius 3 is 3.04 bits per heavy atom. The highest BCUT2D eigenvalue weighted by molar-refractivity contribution is 5.93. The summed E-state index contributed by atoms with van der Waals surface area (Å²) in [5.41, 5.74) is 7.28. The van der Waals surface area contributed by atoms with Crippen molar-refractivity contribution in [3.05, 3.63) is 30.1 Å². The van der Waals surface area contributed by atoms with Gasteiger partial charge in [-0.05, 0) is 25.0 Å². The van der Waals surface area contributed by atoms with Crippen molar-refractivity contribution in [2.45, 2.75) is 39.2 Å². The van der Waals surface area contributed by atoms with Crippen LogP contribution in [0, 0.1) is 5.92 Å². The first-order chi connectivity index (χ1) is 11.2. The Bertz CT molecular complexity index is 694. The third-order valence-corrected chi connectivity index (χ3v) is 4.30. The largest absolute Gasteiger partial charge is 0.330 e. The molecule has 6 heteroatoms. The minimum Gasteiger partial charge on any atom is -0.330 e. The highest BCUT2D eigenvalue weighted by Crippen LogP contribution is 2.25. The predicted octanol–water partition coefficient (Wildman–Crippen LogP) is 2.20. The lowest BCUT2D eigenvalue weighted by Crippen LogP contribution is -2.26. The molecule has 1 amide bonds. The van der Waals surface area contributed by atoms with Gasteiger partial charge in [-0.3, -0.25) is 4.79 Å². The second-order valence-electron chi connectivity index (χ2n) is 6.11. The molecule has 23 heavy (non-hydrogen) atoms. The van der Waals surface area contributed by atoms with Crippen molar-refractivity contribution in [3.8, 4) is 11.4 Å². The maximum absolute atomic E-state index is 12.0. The van der Waals surface area contributed by atoms with E-state index in [0.29, 0.717) is 6.54 Å². The molecule has 2 heterocycles. The highest BCUT2D eigenvalue weighted by atomic mass is 16.1. The lowest BCUT2D eigenvalue weighted by Gasteiger charge is -2.11. The van der Waals surface area contributed by atoms with Gasteiger partial charge in [-0.25, -0.2) is 0 Å². The van der Waals surface area contributed by atoms with Crippen molar-refractivity contribution in [2.75, 3.05) is 11.9 Å². The SMILES string of the molecule is CC(CN)C(=O)Nc1cccc(-c2nnc3n2CCCCC3)c1. The van der Waals surface area contributed by atoms with Crippen molar-refractivity contribution >= 4 is 11.6 Å². The lowest BCUT2D eigenvalue weighted by molar-refractivity contribution is -0.119. The van der Waals surface area contributed by atoms with Gasteiger partial charge in [0.05, 0.1) is 0 Å². The van der Waals surface area contributed by atoms with E-state index in [2.05, 4.69) is 20.1 Å². The van der Waals surface area contributed by atoms with Crippen molar-refractivity contribution < 1.29 is 4.79 Å². The van der Waals surface area contributed by atoms with Gasteiger partial charge >= 0.3 is 0 Å². The van der Waals surface area contributed by atoms with Crippen LogP contribution in [0.2, 0.25) is 0 Å². The number of anilines is 1. The molecule has 0 aliphatic carbocycles. The van der Waals surface area contributed by atoms with Gasteiger partial charge in [-0.1, -0.05) is 25.5 Å². The molecule has 3 N–H and O–H groups in total. The first kappa shape index (κ1) is 15.7. The number of aromatic nitrogens is 3. The van der Waals surface area contributed by atoms with Crippen LogP contribution in [0.1, 0.15) is 32.0 Å². The molecule has 3 rings (SSSR count). The minimum absolute atomic E-state index is 0.0651. The van der Waals surface area contributed by atoms with Gasteiger partial charge in [0.2, 0.25) is 5.91 Å². The van der Waals surface area contributed by atoms with Crippen LogP contribution in [-0.2, 0) is 17.8 Å². The number of amides is 1. The number of nitrogens with one attached hydrogen (secondary N) is 1. The molecule has 0 spiro atoms. The first-order valence-corrected chi connectivity index (χ1v) is 8.22. The van der Waals surface area contributed by atoms with E-state index in [1.165, 1.54) is 12.8 Å². The Hall–Kier alpha value is -2.21. The monoisotopic (exact) mass is 313 g/mol. The van der Waals surface area contributed by atoms with Crippen molar-refractivity contribution in [2.24, 2.45) is 11.7 Å². The Morgan fingerprint density at radius 1 is 1.35 bits per heavy atom. The number of carbonyl (C=O) groups is 1. The highest BCUT2D eigenvalue weighted by Gasteiger charge is 2.17. The molecule has 1 atom stereocenters. The first-order valence-electron chi connectivity index (χ1n) is 8.22. The number of carbonyl (C=O) groups excluding carboxylic acids is 1. The number of hydrogen-bond acceptors (Lipinski definition) is 4. The number of nitrogens with zero attached hydrogens (tertiary/aromatic N) is 3. The van der Waals surface area contributed by atoms with E-state index in [1.54, 1.807) is 0 Å². The third-order valence-electron chi connectivity index (χ3n) is 4.30. The average Bonchev–Trinajstić information content (AvgIpc) is 2.83. The molecule has 1 aliphatic heterocycles. The van der Waals surface area contributed by atoms with Crippen LogP contribution in [0.3, 0.4) is 0 Å². The number of nitrogens with two attached hydrogens (primary N) is 1. The van der Waals surface area contributed by atoms with Crippen molar-refractivity contribution in [3.63, 3.8) is 0 Å². The topological polar surface area (TPSA) is 85.8 Å². The molecule has 2 aromatic rings. The molecule has 0 saturated heterocycles. The summed E-state index contributed by atoms with van der Waals surface area (Å²) < 4.78 is 2.20. The number of aryl methyl sites for hydroxylation is 1. The summed E-state index contributed by atoms with van der Waals surface area (Å²) in [4.78, 5) is 12.0. The third kappa shape index (κ3) is 3.42. The smallest absolute Gasteiger partial charge is 0.228 e. The lowest BCUT2D eigenvalue weighted by atomic mass is 10.1. The van der Waals surface area contributed by atoms with Crippen molar-refractivity contribution in [1.82, 2.24) is 14.8 Å².